The fourth-order valence-electron chi connectivity index (χ4n) is 1.78. The van der Waals surface area contributed by atoms with E-state index in [1.54, 1.807) is 6.07 Å². The molecule has 1 amide bonds. The van der Waals surface area contributed by atoms with Gasteiger partial charge in [-0.05, 0) is 29.8 Å². The van der Waals surface area contributed by atoms with Gasteiger partial charge in [0.15, 0.2) is 0 Å². The van der Waals surface area contributed by atoms with E-state index in [1.807, 2.05) is 0 Å². The van der Waals surface area contributed by atoms with E-state index in [1.165, 1.54) is 30.3 Å². The second-order valence-electron chi connectivity index (χ2n) is 4.38. The zero-order valence-electron chi connectivity index (χ0n) is 10.9. The topological polar surface area (TPSA) is 55.1 Å². The summed E-state index contributed by atoms with van der Waals surface area (Å²) in [6, 6.07) is 9.93. The van der Waals surface area contributed by atoms with Gasteiger partial charge >= 0.3 is 0 Å². The van der Waals surface area contributed by atoms with Gasteiger partial charge in [0.2, 0.25) is 5.91 Å². The van der Waals surface area contributed by atoms with Crippen LogP contribution in [0.1, 0.15) is 11.1 Å². The molecule has 2 rings (SSSR count). The Morgan fingerprint density at radius 2 is 1.86 bits per heavy atom. The maximum absolute atomic E-state index is 13.8. The number of benzene rings is 2. The molecule has 0 saturated carbocycles. The van der Waals surface area contributed by atoms with E-state index < -0.39 is 17.5 Å². The molecule has 0 fully saturated rings. The first kappa shape index (κ1) is 15.1. The van der Waals surface area contributed by atoms with Crippen LogP contribution in [-0.2, 0) is 11.2 Å². The molecule has 0 heterocycles. The van der Waals surface area contributed by atoms with Crippen LogP contribution in [-0.4, -0.2) is 10.9 Å². The van der Waals surface area contributed by atoms with E-state index in [4.69, 9.17) is 18.0 Å². The molecule has 21 heavy (non-hydrogen) atoms. The van der Waals surface area contributed by atoms with Gasteiger partial charge in [-0.3, -0.25) is 4.79 Å². The number of thiocarbonyl (C=S) groups is 1. The second-order valence-corrected chi connectivity index (χ2v) is 4.82. The molecule has 0 atom stereocenters. The molecule has 0 aromatic heterocycles. The number of nitrogens with one attached hydrogen (secondary N) is 1. The highest BCUT2D eigenvalue weighted by Gasteiger charge is 2.11. The van der Waals surface area contributed by atoms with Crippen LogP contribution in [0.25, 0.3) is 0 Å². The molecule has 0 aliphatic heterocycles. The van der Waals surface area contributed by atoms with Gasteiger partial charge in [-0.15, -0.1) is 0 Å². The van der Waals surface area contributed by atoms with Crippen LogP contribution in [0.15, 0.2) is 42.5 Å². The lowest BCUT2D eigenvalue weighted by Crippen LogP contribution is -2.17. The van der Waals surface area contributed by atoms with E-state index in [-0.39, 0.29) is 22.7 Å². The Hall–Kier alpha value is -2.34. The third kappa shape index (κ3) is 3.82. The number of hydrogen-bond donors (Lipinski definition) is 2. The van der Waals surface area contributed by atoms with E-state index in [9.17, 15) is 13.6 Å². The van der Waals surface area contributed by atoms with Crippen molar-refractivity contribution in [3.05, 3.63) is 65.2 Å². The van der Waals surface area contributed by atoms with Crippen molar-refractivity contribution in [3.63, 3.8) is 0 Å². The second kappa shape index (κ2) is 6.41. The summed E-state index contributed by atoms with van der Waals surface area (Å²) in [7, 11) is 0. The Bertz CT molecular complexity index is 704. The molecular weight excluding hydrogens is 294 g/mol. The van der Waals surface area contributed by atoms with E-state index in [0.717, 1.165) is 6.07 Å². The number of amides is 1. The number of nitrogens with two attached hydrogens (primary N) is 1. The molecule has 0 spiro atoms. The van der Waals surface area contributed by atoms with Gasteiger partial charge in [-0.1, -0.05) is 30.4 Å². The summed E-state index contributed by atoms with van der Waals surface area (Å²) in [4.78, 5) is 11.9. The molecule has 0 saturated heterocycles. The summed E-state index contributed by atoms with van der Waals surface area (Å²) in [6.45, 7) is 0. The van der Waals surface area contributed by atoms with Crippen LogP contribution in [0.5, 0.6) is 0 Å². The minimum absolute atomic E-state index is 0.00339. The molecule has 0 aliphatic rings. The molecular formula is C15H12F2N2OS. The molecule has 0 radical (unpaired) electrons. The molecule has 108 valence electrons. The Kier molecular flexibility index (Phi) is 4.59. The van der Waals surface area contributed by atoms with Crippen LogP contribution >= 0.6 is 12.2 Å². The molecule has 0 bridgehead atoms. The molecule has 2 aromatic rings. The number of hydrogen-bond acceptors (Lipinski definition) is 2. The summed E-state index contributed by atoms with van der Waals surface area (Å²) in [6.07, 6.45) is -0.177. The number of carbonyl (C=O) groups is 1. The van der Waals surface area contributed by atoms with Crippen molar-refractivity contribution in [2.24, 2.45) is 5.73 Å². The quantitative estimate of drug-likeness (QED) is 0.854. The van der Waals surface area contributed by atoms with Gasteiger partial charge in [-0.25, -0.2) is 8.78 Å². The van der Waals surface area contributed by atoms with Crippen molar-refractivity contribution in [3.8, 4) is 0 Å². The van der Waals surface area contributed by atoms with Crippen LogP contribution in [0.2, 0.25) is 0 Å². The lowest BCUT2D eigenvalue weighted by molar-refractivity contribution is -0.115. The predicted molar refractivity (Wildman–Crippen MR) is 81.0 cm³/mol. The van der Waals surface area contributed by atoms with Crippen molar-refractivity contribution < 1.29 is 13.6 Å². The van der Waals surface area contributed by atoms with Crippen molar-refractivity contribution in [1.29, 1.82) is 0 Å². The van der Waals surface area contributed by atoms with Crippen molar-refractivity contribution in [2.75, 3.05) is 5.32 Å². The van der Waals surface area contributed by atoms with Crippen molar-refractivity contribution >= 4 is 28.8 Å². The van der Waals surface area contributed by atoms with E-state index >= 15 is 0 Å². The fraction of sp³-hybridized carbons (Fsp3) is 0.0667. The molecule has 3 N–H and O–H groups in total. The van der Waals surface area contributed by atoms with Gasteiger partial charge < -0.3 is 11.1 Å². The zero-order chi connectivity index (χ0) is 15.4. The van der Waals surface area contributed by atoms with Crippen molar-refractivity contribution in [1.82, 2.24) is 0 Å². The van der Waals surface area contributed by atoms with Crippen LogP contribution in [0.4, 0.5) is 14.5 Å². The summed E-state index contributed by atoms with van der Waals surface area (Å²) in [5, 5.41) is 2.39. The maximum Gasteiger partial charge on any atom is 0.228 e. The van der Waals surface area contributed by atoms with E-state index in [2.05, 4.69) is 5.32 Å². The first-order valence-corrected chi connectivity index (χ1v) is 6.51. The Labute approximate surface area is 125 Å². The van der Waals surface area contributed by atoms with Crippen molar-refractivity contribution in [2.45, 2.75) is 6.42 Å². The molecule has 3 nitrogen and oxygen atoms in total. The predicted octanol–water partition coefficient (Wildman–Crippen LogP) is 2.78. The van der Waals surface area contributed by atoms with Gasteiger partial charge in [0, 0.05) is 5.56 Å². The van der Waals surface area contributed by atoms with Gasteiger partial charge in [0.1, 0.15) is 16.6 Å². The first-order valence-electron chi connectivity index (χ1n) is 6.10. The smallest absolute Gasteiger partial charge is 0.228 e. The lowest BCUT2D eigenvalue weighted by Gasteiger charge is -2.08. The van der Waals surface area contributed by atoms with E-state index in [0.29, 0.717) is 5.56 Å². The minimum Gasteiger partial charge on any atom is -0.389 e. The number of halogens is 2. The molecule has 6 heteroatoms. The summed E-state index contributed by atoms with van der Waals surface area (Å²) in [5.74, 6) is -1.64. The number of anilines is 1. The van der Waals surface area contributed by atoms with Crippen LogP contribution in [0, 0.1) is 11.6 Å². The highest BCUT2D eigenvalue weighted by Crippen LogP contribution is 2.16. The fourth-order valence-corrected chi connectivity index (χ4v) is 1.91. The third-order valence-corrected chi connectivity index (χ3v) is 3.07. The Morgan fingerprint density at radius 3 is 2.48 bits per heavy atom. The summed E-state index contributed by atoms with van der Waals surface area (Å²) >= 11 is 4.74. The zero-order valence-corrected chi connectivity index (χ0v) is 11.7. The standard InChI is InChI=1S/C15H12F2N2OS/c16-11-4-2-1-3-9(11)8-14(20)19-13-6-5-10(15(18)21)7-12(13)17/h1-7H,8H2,(H2,18,21)(H,19,20). The monoisotopic (exact) mass is 306 g/mol. The average molecular weight is 306 g/mol. The lowest BCUT2D eigenvalue weighted by atomic mass is 10.1. The van der Waals surface area contributed by atoms with Crippen LogP contribution in [0.3, 0.4) is 0 Å². The largest absolute Gasteiger partial charge is 0.389 e. The Balaban J connectivity index is 2.10. The number of carbonyl (C=O) groups excluding carboxylic acids is 1. The van der Waals surface area contributed by atoms with Crippen LogP contribution < -0.4 is 11.1 Å². The maximum atomic E-state index is 13.8. The highest BCUT2D eigenvalue weighted by atomic mass is 32.1. The molecule has 2 aromatic carbocycles. The number of rotatable bonds is 4. The average Bonchev–Trinajstić information content (AvgIpc) is 2.43. The van der Waals surface area contributed by atoms with Gasteiger partial charge in [-0.2, -0.15) is 0 Å². The van der Waals surface area contributed by atoms with Gasteiger partial charge in [0.05, 0.1) is 12.1 Å². The molecule has 0 aliphatic carbocycles. The molecule has 0 unspecified atom stereocenters. The van der Waals surface area contributed by atoms with Gasteiger partial charge in [0.25, 0.3) is 0 Å². The summed E-state index contributed by atoms with van der Waals surface area (Å²) < 4.78 is 27.2. The third-order valence-electron chi connectivity index (χ3n) is 2.84. The first-order chi connectivity index (χ1) is 9.97. The minimum atomic E-state index is -0.651. The highest BCUT2D eigenvalue weighted by molar-refractivity contribution is 7.80. The Morgan fingerprint density at radius 1 is 1.14 bits per heavy atom. The normalized spacial score (nSPS) is 10.2. The SMILES string of the molecule is NC(=S)c1ccc(NC(=O)Cc2ccccc2F)c(F)c1. The summed E-state index contributed by atoms with van der Waals surface area (Å²) in [5.41, 5.74) is 6.00.